The van der Waals surface area contributed by atoms with Crippen molar-refractivity contribution in [1.82, 2.24) is 15.0 Å². The molecule has 7 heteroatoms. The fourth-order valence-electron chi connectivity index (χ4n) is 0.995. The van der Waals surface area contributed by atoms with E-state index in [0.717, 1.165) is 19.4 Å². The lowest BCUT2D eigenvalue weighted by molar-refractivity contribution is 0.292. The Balaban J connectivity index is 2.74. The van der Waals surface area contributed by atoms with Crippen molar-refractivity contribution in [3.63, 3.8) is 0 Å². The summed E-state index contributed by atoms with van der Waals surface area (Å²) in [4.78, 5) is 12.1. The second-order valence-corrected chi connectivity index (χ2v) is 3.18. The number of aromatic nitrogens is 3. The Bertz CT molecular complexity index is 293. The molecule has 0 aromatic carbocycles. The molecular formula is C9H18N6O. The van der Waals surface area contributed by atoms with Gasteiger partial charge in [0.1, 0.15) is 0 Å². The summed E-state index contributed by atoms with van der Waals surface area (Å²) >= 11 is 0. The summed E-state index contributed by atoms with van der Waals surface area (Å²) in [5.74, 6) is 6.02. The smallest absolute Gasteiger partial charge is 0.323 e. The number of hydrogen-bond donors (Lipinski definition) is 3. The van der Waals surface area contributed by atoms with Crippen LogP contribution in [0.25, 0.3) is 0 Å². The molecule has 0 radical (unpaired) electrons. The molecule has 0 unspecified atom stereocenters. The van der Waals surface area contributed by atoms with Gasteiger partial charge < -0.3 is 10.1 Å². The summed E-state index contributed by atoms with van der Waals surface area (Å²) in [5.41, 5.74) is 2.38. The summed E-state index contributed by atoms with van der Waals surface area (Å²) < 4.78 is 5.32. The van der Waals surface area contributed by atoms with E-state index in [-0.39, 0.29) is 6.01 Å². The molecule has 16 heavy (non-hydrogen) atoms. The quantitative estimate of drug-likeness (QED) is 0.466. The van der Waals surface area contributed by atoms with E-state index < -0.39 is 0 Å². The summed E-state index contributed by atoms with van der Waals surface area (Å²) in [6.45, 7) is 5.44. The number of rotatable bonds is 7. The van der Waals surface area contributed by atoms with Crippen LogP contribution in [0.5, 0.6) is 6.01 Å². The molecule has 0 aliphatic heterocycles. The zero-order chi connectivity index (χ0) is 11.8. The van der Waals surface area contributed by atoms with Gasteiger partial charge in [-0.2, -0.15) is 15.0 Å². The van der Waals surface area contributed by atoms with Crippen LogP contribution in [0.1, 0.15) is 26.7 Å². The van der Waals surface area contributed by atoms with Crippen LogP contribution in [-0.4, -0.2) is 28.1 Å². The van der Waals surface area contributed by atoms with Crippen molar-refractivity contribution in [2.45, 2.75) is 26.7 Å². The molecular weight excluding hydrogens is 208 g/mol. The number of anilines is 2. The molecule has 4 N–H and O–H groups in total. The molecule has 0 fully saturated rings. The lowest BCUT2D eigenvalue weighted by Crippen LogP contribution is -2.15. The van der Waals surface area contributed by atoms with Crippen molar-refractivity contribution >= 4 is 11.9 Å². The molecule has 0 amide bonds. The predicted molar refractivity (Wildman–Crippen MR) is 62.2 cm³/mol. The fraction of sp³-hybridized carbons (Fsp3) is 0.667. The zero-order valence-corrected chi connectivity index (χ0v) is 9.66. The molecule has 90 valence electrons. The molecule has 0 saturated carbocycles. The topological polar surface area (TPSA) is 98.0 Å². The van der Waals surface area contributed by atoms with E-state index in [0.29, 0.717) is 18.5 Å². The lowest BCUT2D eigenvalue weighted by atomic mass is 10.5. The van der Waals surface area contributed by atoms with Gasteiger partial charge in [0.2, 0.25) is 11.9 Å². The maximum absolute atomic E-state index is 5.32. The third-order valence-corrected chi connectivity index (χ3v) is 1.71. The number of nitrogens with one attached hydrogen (secondary N) is 2. The van der Waals surface area contributed by atoms with E-state index in [1.165, 1.54) is 0 Å². The molecule has 0 saturated heterocycles. The largest absolute Gasteiger partial charge is 0.463 e. The minimum Gasteiger partial charge on any atom is -0.463 e. The number of ether oxygens (including phenoxy) is 1. The van der Waals surface area contributed by atoms with E-state index in [4.69, 9.17) is 10.6 Å². The van der Waals surface area contributed by atoms with Gasteiger partial charge >= 0.3 is 6.01 Å². The van der Waals surface area contributed by atoms with E-state index in [2.05, 4.69) is 32.6 Å². The highest BCUT2D eigenvalue weighted by molar-refractivity contribution is 5.34. The molecule has 0 aliphatic rings. The lowest BCUT2D eigenvalue weighted by Gasteiger charge is -2.07. The molecule has 1 rings (SSSR count). The van der Waals surface area contributed by atoms with Crippen molar-refractivity contribution in [2.24, 2.45) is 5.84 Å². The van der Waals surface area contributed by atoms with E-state index in [1.54, 1.807) is 0 Å². The predicted octanol–water partition coefficient (Wildman–Crippen LogP) is 0.768. The maximum atomic E-state index is 5.32. The van der Waals surface area contributed by atoms with Crippen LogP contribution in [0.15, 0.2) is 0 Å². The molecule has 1 heterocycles. The third kappa shape index (κ3) is 3.85. The van der Waals surface area contributed by atoms with Crippen LogP contribution in [0, 0.1) is 0 Å². The van der Waals surface area contributed by atoms with Gasteiger partial charge in [-0.05, 0) is 12.8 Å². The first kappa shape index (κ1) is 12.4. The van der Waals surface area contributed by atoms with E-state index in [9.17, 15) is 0 Å². The van der Waals surface area contributed by atoms with Gasteiger partial charge in [-0.1, -0.05) is 13.8 Å². The highest BCUT2D eigenvalue weighted by Gasteiger charge is 2.05. The van der Waals surface area contributed by atoms with Crippen LogP contribution in [-0.2, 0) is 0 Å². The Morgan fingerprint density at radius 1 is 1.12 bits per heavy atom. The molecule has 1 aromatic heterocycles. The molecule has 1 aromatic rings. The van der Waals surface area contributed by atoms with Crippen LogP contribution < -0.4 is 21.3 Å². The molecule has 0 bridgehead atoms. The van der Waals surface area contributed by atoms with Crippen molar-refractivity contribution < 1.29 is 4.74 Å². The molecule has 0 atom stereocenters. The zero-order valence-electron chi connectivity index (χ0n) is 9.66. The number of hydrazine groups is 1. The first-order valence-electron chi connectivity index (χ1n) is 5.39. The molecule has 0 spiro atoms. The Labute approximate surface area is 94.8 Å². The number of nitrogen functional groups attached to an aromatic ring is 1. The van der Waals surface area contributed by atoms with E-state index in [1.807, 2.05) is 6.92 Å². The fourth-order valence-corrected chi connectivity index (χ4v) is 0.995. The SMILES string of the molecule is CCCNc1nc(NN)nc(OCCC)n1. The van der Waals surface area contributed by atoms with Crippen LogP contribution in [0.4, 0.5) is 11.9 Å². The highest BCUT2D eigenvalue weighted by Crippen LogP contribution is 2.10. The van der Waals surface area contributed by atoms with Gasteiger partial charge in [-0.25, -0.2) is 5.84 Å². The average molecular weight is 226 g/mol. The molecule has 0 aliphatic carbocycles. The van der Waals surface area contributed by atoms with Crippen LogP contribution >= 0.6 is 0 Å². The number of nitrogens with zero attached hydrogens (tertiary/aromatic N) is 3. The van der Waals surface area contributed by atoms with Crippen LogP contribution in [0.2, 0.25) is 0 Å². The van der Waals surface area contributed by atoms with E-state index >= 15 is 0 Å². The second kappa shape index (κ2) is 6.78. The number of nitrogens with two attached hydrogens (primary N) is 1. The Morgan fingerprint density at radius 3 is 2.50 bits per heavy atom. The van der Waals surface area contributed by atoms with Gasteiger partial charge in [0.15, 0.2) is 0 Å². The van der Waals surface area contributed by atoms with Crippen molar-refractivity contribution in [3.8, 4) is 6.01 Å². The average Bonchev–Trinajstić information content (AvgIpc) is 2.33. The minimum absolute atomic E-state index is 0.281. The van der Waals surface area contributed by atoms with Crippen molar-refractivity contribution in [2.75, 3.05) is 23.9 Å². The first-order valence-corrected chi connectivity index (χ1v) is 5.39. The van der Waals surface area contributed by atoms with Gasteiger partial charge in [-0.15, -0.1) is 0 Å². The Kier molecular flexibility index (Phi) is 5.27. The normalized spacial score (nSPS) is 9.94. The third-order valence-electron chi connectivity index (χ3n) is 1.71. The Morgan fingerprint density at radius 2 is 1.88 bits per heavy atom. The second-order valence-electron chi connectivity index (χ2n) is 3.18. The molecule has 7 nitrogen and oxygen atoms in total. The number of hydrogen-bond acceptors (Lipinski definition) is 7. The summed E-state index contributed by atoms with van der Waals surface area (Å²) in [7, 11) is 0. The van der Waals surface area contributed by atoms with Crippen LogP contribution in [0.3, 0.4) is 0 Å². The maximum Gasteiger partial charge on any atom is 0.323 e. The summed E-state index contributed by atoms with van der Waals surface area (Å²) in [5, 5.41) is 3.05. The first-order chi connectivity index (χ1) is 7.80. The van der Waals surface area contributed by atoms with Gasteiger partial charge in [0.25, 0.3) is 0 Å². The summed E-state index contributed by atoms with van der Waals surface area (Å²) in [6.07, 6.45) is 1.89. The highest BCUT2D eigenvalue weighted by atomic mass is 16.5. The van der Waals surface area contributed by atoms with Gasteiger partial charge in [-0.3, -0.25) is 5.43 Å². The minimum atomic E-state index is 0.281. The van der Waals surface area contributed by atoms with Crippen molar-refractivity contribution in [3.05, 3.63) is 0 Å². The van der Waals surface area contributed by atoms with Gasteiger partial charge in [0.05, 0.1) is 6.61 Å². The van der Waals surface area contributed by atoms with Crippen molar-refractivity contribution in [1.29, 1.82) is 0 Å². The monoisotopic (exact) mass is 226 g/mol. The Hall–Kier alpha value is -1.63. The standard InChI is InChI=1S/C9H18N6O/c1-3-5-11-7-12-8(15-10)14-9(13-7)16-6-4-2/h3-6,10H2,1-2H3,(H2,11,12,13,14,15). The summed E-state index contributed by atoms with van der Waals surface area (Å²) in [6, 6.07) is 0.281. The van der Waals surface area contributed by atoms with Gasteiger partial charge in [0, 0.05) is 6.54 Å².